The number of amides is 2. The van der Waals surface area contributed by atoms with Crippen molar-refractivity contribution in [2.75, 3.05) is 26.2 Å². The maximum atomic E-state index is 13.6. The van der Waals surface area contributed by atoms with Gasteiger partial charge < -0.3 is 19.0 Å². The van der Waals surface area contributed by atoms with E-state index in [1.807, 2.05) is 68.4 Å². The molecule has 1 saturated heterocycles. The zero-order chi connectivity index (χ0) is 24.6. The summed E-state index contributed by atoms with van der Waals surface area (Å²) in [6.07, 6.45) is 2.56. The van der Waals surface area contributed by atoms with Crippen LogP contribution in [0.4, 0.5) is 0 Å². The lowest BCUT2D eigenvalue weighted by molar-refractivity contribution is -0.133. The molecule has 0 radical (unpaired) electrons. The number of furan rings is 1. The predicted octanol–water partition coefficient (Wildman–Crippen LogP) is 4.79. The van der Waals surface area contributed by atoms with E-state index in [0.717, 1.165) is 41.9 Å². The van der Waals surface area contributed by atoms with Crippen molar-refractivity contribution < 1.29 is 18.7 Å². The number of carbonyl (C=O) groups excluding carboxylic acids is 2. The van der Waals surface area contributed by atoms with Crippen LogP contribution in [0.3, 0.4) is 0 Å². The van der Waals surface area contributed by atoms with Gasteiger partial charge in [-0.15, -0.1) is 0 Å². The van der Waals surface area contributed by atoms with Crippen LogP contribution in [0.2, 0.25) is 0 Å². The molecule has 1 aliphatic rings. The summed E-state index contributed by atoms with van der Waals surface area (Å²) < 4.78 is 11.6. The number of rotatable bonds is 10. The molecule has 1 aliphatic heterocycles. The van der Waals surface area contributed by atoms with Crippen LogP contribution in [0.1, 0.15) is 45.8 Å². The number of benzene rings is 2. The number of aryl methyl sites for hydroxylation is 2. The van der Waals surface area contributed by atoms with E-state index in [1.165, 1.54) is 0 Å². The molecule has 184 valence electrons. The molecule has 2 heterocycles. The molecule has 0 bridgehead atoms. The minimum absolute atomic E-state index is 0.00104. The number of ether oxygens (including phenoxy) is 1. The third kappa shape index (κ3) is 7.06. The Morgan fingerprint density at radius 3 is 2.37 bits per heavy atom. The fourth-order valence-electron chi connectivity index (χ4n) is 4.35. The normalized spacial score (nSPS) is 15.2. The summed E-state index contributed by atoms with van der Waals surface area (Å²) in [5.41, 5.74) is 2.83. The molecule has 0 saturated carbocycles. The number of carbonyl (C=O) groups is 2. The van der Waals surface area contributed by atoms with Crippen molar-refractivity contribution in [1.29, 1.82) is 0 Å². The highest BCUT2D eigenvalue weighted by Gasteiger charge is 2.27. The fourth-order valence-corrected chi connectivity index (χ4v) is 4.35. The zero-order valence-corrected chi connectivity index (χ0v) is 20.6. The molecule has 35 heavy (non-hydrogen) atoms. The van der Waals surface area contributed by atoms with Crippen LogP contribution >= 0.6 is 0 Å². The van der Waals surface area contributed by atoms with Gasteiger partial charge in [0, 0.05) is 25.3 Å². The van der Waals surface area contributed by atoms with Crippen molar-refractivity contribution in [2.45, 2.75) is 45.8 Å². The van der Waals surface area contributed by atoms with Crippen LogP contribution in [0.25, 0.3) is 0 Å². The van der Waals surface area contributed by atoms with Crippen molar-refractivity contribution in [3.8, 4) is 0 Å². The van der Waals surface area contributed by atoms with Gasteiger partial charge in [-0.3, -0.25) is 9.59 Å². The standard InChI is InChI=1S/C29H34N2O4/c1-22-10-13-25(14-11-22)29(33)31(19-26-9-6-18-34-26)21-28(32)30(20-27-15-12-23(2)35-27)17-16-24-7-4-3-5-8-24/h3-5,7-8,10-15,26H,6,9,16-21H2,1-2H3/t26-/m1/s1. The van der Waals surface area contributed by atoms with Gasteiger partial charge in [-0.25, -0.2) is 0 Å². The molecule has 1 atom stereocenters. The van der Waals surface area contributed by atoms with Crippen molar-refractivity contribution in [3.05, 3.63) is 94.9 Å². The van der Waals surface area contributed by atoms with Gasteiger partial charge in [-0.1, -0.05) is 48.0 Å². The van der Waals surface area contributed by atoms with Gasteiger partial charge in [0.2, 0.25) is 5.91 Å². The van der Waals surface area contributed by atoms with Crippen molar-refractivity contribution in [3.63, 3.8) is 0 Å². The van der Waals surface area contributed by atoms with Gasteiger partial charge in [0.15, 0.2) is 0 Å². The topological polar surface area (TPSA) is 63.0 Å². The molecule has 1 fully saturated rings. The Balaban J connectivity index is 1.51. The molecule has 1 aromatic heterocycles. The van der Waals surface area contributed by atoms with Gasteiger partial charge in [0.05, 0.1) is 12.6 Å². The predicted molar refractivity (Wildman–Crippen MR) is 135 cm³/mol. The Labute approximate surface area is 207 Å². The largest absolute Gasteiger partial charge is 0.464 e. The summed E-state index contributed by atoms with van der Waals surface area (Å²) in [5, 5.41) is 0. The SMILES string of the molecule is Cc1ccc(C(=O)N(CC(=O)N(CCc2ccccc2)Cc2ccc(C)o2)C[C@H]2CCCO2)cc1. The Bertz CT molecular complexity index is 1100. The van der Waals surface area contributed by atoms with E-state index in [1.54, 1.807) is 9.80 Å². The lowest BCUT2D eigenvalue weighted by Crippen LogP contribution is -2.46. The maximum absolute atomic E-state index is 13.6. The van der Waals surface area contributed by atoms with Crippen LogP contribution < -0.4 is 0 Å². The monoisotopic (exact) mass is 474 g/mol. The summed E-state index contributed by atoms with van der Waals surface area (Å²) in [7, 11) is 0. The number of hydrogen-bond donors (Lipinski definition) is 0. The van der Waals surface area contributed by atoms with Crippen LogP contribution in [-0.4, -0.2) is 54.0 Å². The molecule has 0 aliphatic carbocycles. The van der Waals surface area contributed by atoms with Gasteiger partial charge in [0.1, 0.15) is 18.1 Å². The summed E-state index contributed by atoms with van der Waals surface area (Å²) in [4.78, 5) is 30.5. The van der Waals surface area contributed by atoms with Crippen molar-refractivity contribution in [2.24, 2.45) is 0 Å². The molecule has 0 unspecified atom stereocenters. The Morgan fingerprint density at radius 1 is 0.943 bits per heavy atom. The molecule has 6 nitrogen and oxygen atoms in total. The quantitative estimate of drug-likeness (QED) is 0.424. The first kappa shape index (κ1) is 24.7. The zero-order valence-electron chi connectivity index (χ0n) is 20.6. The summed E-state index contributed by atoms with van der Waals surface area (Å²) in [5.74, 6) is 1.30. The maximum Gasteiger partial charge on any atom is 0.254 e. The van der Waals surface area contributed by atoms with E-state index in [-0.39, 0.29) is 24.5 Å². The smallest absolute Gasteiger partial charge is 0.254 e. The average molecular weight is 475 g/mol. The van der Waals surface area contributed by atoms with Gasteiger partial charge in [0.25, 0.3) is 5.91 Å². The van der Waals surface area contributed by atoms with Crippen molar-refractivity contribution in [1.82, 2.24) is 9.80 Å². The third-order valence-corrected chi connectivity index (χ3v) is 6.37. The van der Waals surface area contributed by atoms with Crippen LogP contribution in [0.5, 0.6) is 0 Å². The molecular weight excluding hydrogens is 440 g/mol. The van der Waals surface area contributed by atoms with E-state index in [2.05, 4.69) is 12.1 Å². The second-order valence-corrected chi connectivity index (χ2v) is 9.25. The van der Waals surface area contributed by atoms with Crippen LogP contribution in [0.15, 0.2) is 71.1 Å². The molecule has 0 spiro atoms. The van der Waals surface area contributed by atoms with E-state index < -0.39 is 0 Å². The molecule has 2 aromatic carbocycles. The van der Waals surface area contributed by atoms with Crippen LogP contribution in [0, 0.1) is 13.8 Å². The highest BCUT2D eigenvalue weighted by molar-refractivity contribution is 5.96. The second kappa shape index (κ2) is 11.8. The van der Waals surface area contributed by atoms with E-state index in [9.17, 15) is 9.59 Å². The second-order valence-electron chi connectivity index (χ2n) is 9.25. The number of nitrogens with zero attached hydrogens (tertiary/aromatic N) is 2. The molecule has 3 aromatic rings. The Morgan fingerprint density at radius 2 is 1.71 bits per heavy atom. The van der Waals surface area contributed by atoms with Gasteiger partial charge in [-0.2, -0.15) is 0 Å². The van der Waals surface area contributed by atoms with E-state index in [0.29, 0.717) is 31.8 Å². The summed E-state index contributed by atoms with van der Waals surface area (Å²) in [6, 6.07) is 21.4. The average Bonchev–Trinajstić information content (AvgIpc) is 3.53. The Kier molecular flexibility index (Phi) is 8.37. The lowest BCUT2D eigenvalue weighted by atomic mass is 10.1. The first-order valence-electron chi connectivity index (χ1n) is 12.3. The van der Waals surface area contributed by atoms with Gasteiger partial charge >= 0.3 is 0 Å². The van der Waals surface area contributed by atoms with E-state index in [4.69, 9.17) is 9.15 Å². The highest BCUT2D eigenvalue weighted by Crippen LogP contribution is 2.17. The van der Waals surface area contributed by atoms with Crippen molar-refractivity contribution >= 4 is 11.8 Å². The van der Waals surface area contributed by atoms with Gasteiger partial charge in [-0.05, 0) is 62.9 Å². The highest BCUT2D eigenvalue weighted by atomic mass is 16.5. The molecule has 0 N–H and O–H groups in total. The van der Waals surface area contributed by atoms with Crippen LogP contribution in [-0.2, 0) is 22.5 Å². The first-order chi connectivity index (χ1) is 17.0. The Hall–Kier alpha value is -3.38. The minimum atomic E-state index is -0.147. The molecular formula is C29H34N2O4. The fraction of sp³-hybridized carbons (Fsp3) is 0.379. The molecule has 4 rings (SSSR count). The lowest BCUT2D eigenvalue weighted by Gasteiger charge is -2.29. The number of hydrogen-bond acceptors (Lipinski definition) is 4. The van der Waals surface area contributed by atoms with E-state index >= 15 is 0 Å². The first-order valence-corrected chi connectivity index (χ1v) is 12.3. The summed E-state index contributed by atoms with van der Waals surface area (Å²) >= 11 is 0. The minimum Gasteiger partial charge on any atom is -0.464 e. The summed E-state index contributed by atoms with van der Waals surface area (Å²) in [6.45, 7) is 5.89. The molecule has 2 amide bonds. The molecule has 6 heteroatoms. The third-order valence-electron chi connectivity index (χ3n) is 6.37.